The molecular weight excluding hydrogens is 308 g/mol. The van der Waals surface area contributed by atoms with Crippen molar-refractivity contribution in [3.63, 3.8) is 0 Å². The van der Waals surface area contributed by atoms with Gasteiger partial charge >= 0.3 is 6.03 Å². The zero-order chi connectivity index (χ0) is 17.7. The normalized spacial score (nSPS) is 15.6. The largest absolute Gasteiger partial charge is 0.490 e. The highest BCUT2D eigenvalue weighted by molar-refractivity contribution is 6.13. The maximum atomic E-state index is 12.0. The Morgan fingerprint density at radius 2 is 1.92 bits per heavy atom. The number of carbonyl (C=O) groups excluding carboxylic acids is 2. The molecule has 0 bridgehead atoms. The number of rotatable bonds is 7. The van der Waals surface area contributed by atoms with Gasteiger partial charge in [0, 0.05) is 12.6 Å². The first-order valence-corrected chi connectivity index (χ1v) is 7.85. The molecule has 1 aliphatic rings. The minimum atomic E-state index is -0.437. The molecule has 0 saturated carbocycles. The van der Waals surface area contributed by atoms with Crippen LogP contribution in [0.3, 0.4) is 0 Å². The molecule has 1 fully saturated rings. The number of likely N-dealkylation sites (N-methyl/N-ethyl adjacent to an activating group) is 1. The van der Waals surface area contributed by atoms with E-state index in [0.29, 0.717) is 31.1 Å². The van der Waals surface area contributed by atoms with Crippen LogP contribution in [0.4, 0.5) is 4.79 Å². The fourth-order valence-electron chi connectivity index (χ4n) is 2.43. The maximum Gasteiger partial charge on any atom is 0.328 e. The molecule has 0 unspecified atom stereocenters. The number of imide groups is 1. The van der Waals surface area contributed by atoms with E-state index in [9.17, 15) is 9.59 Å². The topological polar surface area (TPSA) is 67.9 Å². The van der Waals surface area contributed by atoms with Crippen molar-refractivity contribution in [3.05, 3.63) is 41.6 Å². The molecule has 0 aliphatic carbocycles. The third kappa shape index (κ3) is 3.59. The molecule has 128 valence electrons. The van der Waals surface area contributed by atoms with Crippen molar-refractivity contribution in [1.82, 2.24) is 10.2 Å². The van der Waals surface area contributed by atoms with Gasteiger partial charge in [-0.1, -0.05) is 6.08 Å². The summed E-state index contributed by atoms with van der Waals surface area (Å²) in [7, 11) is 1.44. The second kappa shape index (κ2) is 7.68. The molecule has 1 N–H and O–H groups in total. The highest BCUT2D eigenvalue weighted by Crippen LogP contribution is 2.34. The van der Waals surface area contributed by atoms with E-state index in [0.717, 1.165) is 16.0 Å². The van der Waals surface area contributed by atoms with E-state index in [4.69, 9.17) is 9.47 Å². The molecule has 0 radical (unpaired) electrons. The van der Waals surface area contributed by atoms with E-state index in [-0.39, 0.29) is 11.6 Å². The SMILES string of the molecule is C=CCc1cc(/C=C2/NC(=O)N(C)C2=O)cc(OCC)c1OCC. The first-order valence-electron chi connectivity index (χ1n) is 7.85. The lowest BCUT2D eigenvalue weighted by Crippen LogP contribution is -2.25. The molecule has 1 saturated heterocycles. The van der Waals surface area contributed by atoms with Crippen LogP contribution in [0.25, 0.3) is 6.08 Å². The number of hydrogen-bond acceptors (Lipinski definition) is 4. The molecule has 1 heterocycles. The summed E-state index contributed by atoms with van der Waals surface area (Å²) < 4.78 is 11.4. The van der Waals surface area contributed by atoms with Crippen molar-refractivity contribution in [2.45, 2.75) is 20.3 Å². The van der Waals surface area contributed by atoms with Gasteiger partial charge in [-0.3, -0.25) is 9.69 Å². The second-order valence-electron chi connectivity index (χ2n) is 5.22. The van der Waals surface area contributed by atoms with Crippen molar-refractivity contribution in [2.24, 2.45) is 0 Å². The standard InChI is InChI=1S/C18H22N2O4/c1-5-8-13-9-12(10-14-17(21)20(4)18(22)19-14)11-15(23-6-2)16(13)24-7-3/h5,9-11H,1,6-8H2,2-4H3,(H,19,22)/b14-10+. The predicted octanol–water partition coefficient (Wildman–Crippen LogP) is 2.74. The van der Waals surface area contributed by atoms with Crippen LogP contribution < -0.4 is 14.8 Å². The number of nitrogens with zero attached hydrogens (tertiary/aromatic N) is 1. The van der Waals surface area contributed by atoms with Crippen molar-refractivity contribution >= 4 is 18.0 Å². The van der Waals surface area contributed by atoms with Crippen LogP contribution in [0.1, 0.15) is 25.0 Å². The summed E-state index contributed by atoms with van der Waals surface area (Å²) in [6.07, 6.45) is 4.02. The van der Waals surface area contributed by atoms with E-state index in [1.165, 1.54) is 7.05 Å². The van der Waals surface area contributed by atoms with Gasteiger partial charge in [-0.05, 0) is 44.0 Å². The number of amides is 3. The van der Waals surface area contributed by atoms with Crippen LogP contribution in [0.5, 0.6) is 11.5 Å². The molecule has 1 aliphatic heterocycles. The zero-order valence-corrected chi connectivity index (χ0v) is 14.2. The monoisotopic (exact) mass is 330 g/mol. The predicted molar refractivity (Wildman–Crippen MR) is 92.0 cm³/mol. The van der Waals surface area contributed by atoms with Crippen LogP contribution in [-0.2, 0) is 11.2 Å². The Labute approximate surface area is 141 Å². The molecule has 6 heteroatoms. The number of hydrogen-bond donors (Lipinski definition) is 1. The van der Waals surface area contributed by atoms with Crippen molar-refractivity contribution in [2.75, 3.05) is 20.3 Å². The Morgan fingerprint density at radius 1 is 1.21 bits per heavy atom. The van der Waals surface area contributed by atoms with E-state index in [1.807, 2.05) is 19.9 Å². The summed E-state index contributed by atoms with van der Waals surface area (Å²) in [6.45, 7) is 8.58. The highest BCUT2D eigenvalue weighted by atomic mass is 16.5. The third-order valence-corrected chi connectivity index (χ3v) is 3.50. The molecule has 0 atom stereocenters. The van der Waals surface area contributed by atoms with Gasteiger partial charge in [-0.2, -0.15) is 0 Å². The van der Waals surface area contributed by atoms with E-state index < -0.39 is 6.03 Å². The first kappa shape index (κ1) is 17.6. The minimum absolute atomic E-state index is 0.235. The van der Waals surface area contributed by atoms with Gasteiger partial charge in [0.15, 0.2) is 11.5 Å². The highest BCUT2D eigenvalue weighted by Gasteiger charge is 2.30. The van der Waals surface area contributed by atoms with Gasteiger partial charge in [0.25, 0.3) is 5.91 Å². The number of nitrogens with one attached hydrogen (secondary N) is 1. The average Bonchev–Trinajstić information content (AvgIpc) is 2.78. The van der Waals surface area contributed by atoms with Gasteiger partial charge in [-0.15, -0.1) is 6.58 Å². The molecule has 3 amide bonds. The van der Waals surface area contributed by atoms with E-state index in [1.54, 1.807) is 18.2 Å². The fraction of sp³-hybridized carbons (Fsp3) is 0.333. The van der Waals surface area contributed by atoms with Crippen molar-refractivity contribution in [3.8, 4) is 11.5 Å². The number of carbonyl (C=O) groups is 2. The summed E-state index contributed by atoms with van der Waals surface area (Å²) in [5.74, 6) is 0.924. The molecule has 1 aromatic carbocycles. The Hall–Kier alpha value is -2.76. The van der Waals surface area contributed by atoms with Crippen LogP contribution in [-0.4, -0.2) is 37.1 Å². The summed E-state index contributed by atoms with van der Waals surface area (Å²) in [5, 5.41) is 2.55. The van der Waals surface area contributed by atoms with Gasteiger partial charge < -0.3 is 14.8 Å². The Kier molecular flexibility index (Phi) is 5.63. The number of benzene rings is 1. The van der Waals surface area contributed by atoms with Gasteiger partial charge in [0.2, 0.25) is 0 Å². The number of ether oxygens (including phenoxy) is 2. The van der Waals surface area contributed by atoms with Crippen molar-refractivity contribution < 1.29 is 19.1 Å². The lowest BCUT2D eigenvalue weighted by atomic mass is 10.0. The molecule has 0 aromatic heterocycles. The van der Waals surface area contributed by atoms with Crippen molar-refractivity contribution in [1.29, 1.82) is 0 Å². The average molecular weight is 330 g/mol. The molecule has 6 nitrogen and oxygen atoms in total. The molecule has 1 aromatic rings. The summed E-state index contributed by atoms with van der Waals surface area (Å²) in [5.41, 5.74) is 1.89. The lowest BCUT2D eigenvalue weighted by molar-refractivity contribution is -0.121. The Bertz CT molecular complexity index is 695. The molecular formula is C18H22N2O4. The smallest absolute Gasteiger partial charge is 0.328 e. The summed E-state index contributed by atoms with van der Waals surface area (Å²) >= 11 is 0. The molecule has 24 heavy (non-hydrogen) atoms. The quantitative estimate of drug-likeness (QED) is 0.474. The van der Waals surface area contributed by atoms with Gasteiger partial charge in [0.1, 0.15) is 5.70 Å². The second-order valence-corrected chi connectivity index (χ2v) is 5.22. The Morgan fingerprint density at radius 3 is 2.46 bits per heavy atom. The van der Waals surface area contributed by atoms with E-state index >= 15 is 0 Å². The zero-order valence-electron chi connectivity index (χ0n) is 14.2. The lowest BCUT2D eigenvalue weighted by Gasteiger charge is -2.16. The summed E-state index contributed by atoms with van der Waals surface area (Å²) in [4.78, 5) is 24.6. The number of urea groups is 1. The van der Waals surface area contributed by atoms with E-state index in [2.05, 4.69) is 11.9 Å². The maximum absolute atomic E-state index is 12.0. The molecule has 0 spiro atoms. The number of allylic oxidation sites excluding steroid dienone is 1. The molecule has 2 rings (SSSR count). The van der Waals surface area contributed by atoms with Gasteiger partial charge in [0.05, 0.1) is 13.2 Å². The van der Waals surface area contributed by atoms with Gasteiger partial charge in [-0.25, -0.2) is 4.79 Å². The fourth-order valence-corrected chi connectivity index (χ4v) is 2.43. The Balaban J connectivity index is 2.49. The minimum Gasteiger partial charge on any atom is -0.490 e. The third-order valence-electron chi connectivity index (χ3n) is 3.50. The van der Waals surface area contributed by atoms with Crippen LogP contribution in [0.2, 0.25) is 0 Å². The van der Waals surface area contributed by atoms with Crippen LogP contribution in [0.15, 0.2) is 30.5 Å². The van der Waals surface area contributed by atoms with Crippen LogP contribution >= 0.6 is 0 Å². The van der Waals surface area contributed by atoms with Crippen LogP contribution in [0, 0.1) is 0 Å². The summed E-state index contributed by atoms with van der Waals surface area (Å²) in [6, 6.07) is 3.26. The first-order chi connectivity index (χ1) is 11.5.